The fourth-order valence-corrected chi connectivity index (χ4v) is 2.62. The molecule has 1 amide bonds. The number of aromatic nitrogens is 3. The standard InChI is InChI=1S/C19H18N4O3/c24-16(25)12-15(11-13-7-3-1-4-8-13)18(26)21-19-20-17(22-23-19)14-9-5-2-6-10-14/h1-10,15H,11-12H2,(H,24,25)(H2,20,21,22,23,26). The maximum absolute atomic E-state index is 12.5. The first kappa shape index (κ1) is 17.3. The molecule has 0 radical (unpaired) electrons. The predicted molar refractivity (Wildman–Crippen MR) is 96.3 cm³/mol. The van der Waals surface area contributed by atoms with E-state index in [1.165, 1.54) is 0 Å². The summed E-state index contributed by atoms with van der Waals surface area (Å²) < 4.78 is 0. The molecule has 26 heavy (non-hydrogen) atoms. The van der Waals surface area contributed by atoms with Gasteiger partial charge in [-0.2, -0.15) is 4.98 Å². The highest BCUT2D eigenvalue weighted by atomic mass is 16.4. The van der Waals surface area contributed by atoms with Crippen LogP contribution in [0.2, 0.25) is 0 Å². The molecule has 1 heterocycles. The van der Waals surface area contributed by atoms with Crippen LogP contribution in [0.4, 0.5) is 5.95 Å². The largest absolute Gasteiger partial charge is 0.481 e. The van der Waals surface area contributed by atoms with Gasteiger partial charge in [0.15, 0.2) is 5.82 Å². The van der Waals surface area contributed by atoms with Gasteiger partial charge in [0, 0.05) is 5.56 Å². The summed E-state index contributed by atoms with van der Waals surface area (Å²) in [6.07, 6.45) is 0.0611. The number of rotatable bonds is 7. The number of aromatic amines is 1. The highest BCUT2D eigenvalue weighted by molar-refractivity contribution is 5.93. The van der Waals surface area contributed by atoms with Crippen molar-refractivity contribution in [3.63, 3.8) is 0 Å². The Labute approximate surface area is 150 Å². The summed E-state index contributed by atoms with van der Waals surface area (Å²) in [5.41, 5.74) is 1.74. The molecule has 7 nitrogen and oxygen atoms in total. The van der Waals surface area contributed by atoms with Crippen molar-refractivity contribution in [2.75, 3.05) is 5.32 Å². The van der Waals surface area contributed by atoms with Crippen LogP contribution in [0.3, 0.4) is 0 Å². The molecule has 3 rings (SSSR count). The van der Waals surface area contributed by atoms with Gasteiger partial charge in [0.1, 0.15) is 0 Å². The smallest absolute Gasteiger partial charge is 0.304 e. The summed E-state index contributed by atoms with van der Waals surface area (Å²) in [7, 11) is 0. The summed E-state index contributed by atoms with van der Waals surface area (Å²) in [5.74, 6) is -1.51. The zero-order chi connectivity index (χ0) is 18.4. The molecule has 3 N–H and O–H groups in total. The van der Waals surface area contributed by atoms with Gasteiger partial charge in [0.2, 0.25) is 11.9 Å². The predicted octanol–water partition coefficient (Wildman–Crippen LogP) is 2.74. The van der Waals surface area contributed by atoms with Crippen LogP contribution in [0.1, 0.15) is 12.0 Å². The van der Waals surface area contributed by atoms with E-state index in [1.807, 2.05) is 60.7 Å². The van der Waals surface area contributed by atoms with Crippen molar-refractivity contribution in [1.82, 2.24) is 15.2 Å². The third kappa shape index (κ3) is 4.54. The first-order valence-corrected chi connectivity index (χ1v) is 8.16. The lowest BCUT2D eigenvalue weighted by Crippen LogP contribution is -2.27. The molecule has 0 saturated carbocycles. The van der Waals surface area contributed by atoms with Crippen LogP contribution in [0.5, 0.6) is 0 Å². The molecule has 7 heteroatoms. The number of H-pyrrole nitrogens is 1. The SMILES string of the molecule is O=C(O)CC(Cc1ccccc1)C(=O)Nc1n[nH]c(-c2ccccc2)n1. The maximum Gasteiger partial charge on any atom is 0.304 e. The number of carbonyl (C=O) groups is 2. The van der Waals surface area contributed by atoms with Gasteiger partial charge < -0.3 is 5.11 Å². The van der Waals surface area contributed by atoms with Crippen LogP contribution in [-0.2, 0) is 16.0 Å². The number of aliphatic carboxylic acids is 1. The van der Waals surface area contributed by atoms with E-state index in [9.17, 15) is 9.59 Å². The third-order valence-electron chi connectivity index (χ3n) is 3.88. The molecule has 0 aliphatic carbocycles. The fraction of sp³-hybridized carbons (Fsp3) is 0.158. The second kappa shape index (κ2) is 8.06. The lowest BCUT2D eigenvalue weighted by Gasteiger charge is -2.13. The van der Waals surface area contributed by atoms with E-state index in [4.69, 9.17) is 5.11 Å². The van der Waals surface area contributed by atoms with Gasteiger partial charge in [0.05, 0.1) is 12.3 Å². The molecule has 2 aromatic carbocycles. The van der Waals surface area contributed by atoms with E-state index in [-0.39, 0.29) is 12.4 Å². The molecule has 1 unspecified atom stereocenters. The van der Waals surface area contributed by atoms with E-state index in [1.54, 1.807) is 0 Å². The van der Waals surface area contributed by atoms with Crippen LogP contribution in [0.25, 0.3) is 11.4 Å². The molecule has 1 atom stereocenters. The van der Waals surface area contributed by atoms with E-state index >= 15 is 0 Å². The average Bonchev–Trinajstić information content (AvgIpc) is 3.11. The number of amides is 1. The molecule has 0 spiro atoms. The molecule has 0 aliphatic heterocycles. The van der Waals surface area contributed by atoms with E-state index in [0.717, 1.165) is 11.1 Å². The topological polar surface area (TPSA) is 108 Å². The maximum atomic E-state index is 12.5. The van der Waals surface area contributed by atoms with Crippen LogP contribution in [-0.4, -0.2) is 32.2 Å². The van der Waals surface area contributed by atoms with Gasteiger partial charge in [-0.3, -0.25) is 20.0 Å². The van der Waals surface area contributed by atoms with Gasteiger partial charge in [-0.25, -0.2) is 0 Å². The summed E-state index contributed by atoms with van der Waals surface area (Å²) >= 11 is 0. The number of carboxylic acids is 1. The van der Waals surface area contributed by atoms with Crippen molar-refractivity contribution in [3.8, 4) is 11.4 Å². The second-order valence-electron chi connectivity index (χ2n) is 5.85. The van der Waals surface area contributed by atoms with Crippen molar-refractivity contribution in [1.29, 1.82) is 0 Å². The monoisotopic (exact) mass is 350 g/mol. The van der Waals surface area contributed by atoms with Crippen molar-refractivity contribution in [2.24, 2.45) is 5.92 Å². The van der Waals surface area contributed by atoms with E-state index in [2.05, 4.69) is 20.5 Å². The minimum absolute atomic E-state index is 0.123. The third-order valence-corrected chi connectivity index (χ3v) is 3.88. The van der Waals surface area contributed by atoms with E-state index in [0.29, 0.717) is 12.2 Å². The summed E-state index contributed by atoms with van der Waals surface area (Å²) in [4.78, 5) is 27.9. The second-order valence-corrected chi connectivity index (χ2v) is 5.85. The minimum atomic E-state index is -1.03. The van der Waals surface area contributed by atoms with Gasteiger partial charge >= 0.3 is 5.97 Å². The Morgan fingerprint density at radius 3 is 2.35 bits per heavy atom. The molecule has 1 aromatic heterocycles. The quantitative estimate of drug-likeness (QED) is 0.607. The van der Waals surface area contributed by atoms with Gasteiger partial charge in [-0.05, 0) is 12.0 Å². The Morgan fingerprint density at radius 2 is 1.69 bits per heavy atom. The first-order valence-electron chi connectivity index (χ1n) is 8.16. The van der Waals surface area contributed by atoms with Crippen LogP contribution >= 0.6 is 0 Å². The van der Waals surface area contributed by atoms with Gasteiger partial charge in [-0.1, -0.05) is 60.7 Å². The highest BCUT2D eigenvalue weighted by Gasteiger charge is 2.23. The lowest BCUT2D eigenvalue weighted by atomic mass is 9.95. The van der Waals surface area contributed by atoms with E-state index < -0.39 is 17.8 Å². The Balaban J connectivity index is 1.71. The molecular formula is C19H18N4O3. The molecule has 132 valence electrons. The first-order chi connectivity index (χ1) is 12.6. The number of carboxylic acid groups (broad SMARTS) is 1. The number of benzene rings is 2. The minimum Gasteiger partial charge on any atom is -0.481 e. The molecule has 3 aromatic rings. The van der Waals surface area contributed by atoms with Crippen LogP contribution < -0.4 is 5.32 Å². The molecule has 0 aliphatic rings. The number of nitrogens with one attached hydrogen (secondary N) is 2. The normalized spacial score (nSPS) is 11.7. The summed E-state index contributed by atoms with van der Waals surface area (Å²) in [5, 5.41) is 18.5. The number of carbonyl (C=O) groups excluding carboxylic acids is 1. The van der Waals surface area contributed by atoms with Gasteiger partial charge in [0.25, 0.3) is 0 Å². The average molecular weight is 350 g/mol. The highest BCUT2D eigenvalue weighted by Crippen LogP contribution is 2.17. The number of anilines is 1. The summed E-state index contributed by atoms with van der Waals surface area (Å²) in [6.45, 7) is 0. The van der Waals surface area contributed by atoms with Crippen LogP contribution in [0, 0.1) is 5.92 Å². The zero-order valence-electron chi connectivity index (χ0n) is 13.9. The fourth-order valence-electron chi connectivity index (χ4n) is 2.62. The van der Waals surface area contributed by atoms with Crippen molar-refractivity contribution in [2.45, 2.75) is 12.8 Å². The Morgan fingerprint density at radius 1 is 1.04 bits per heavy atom. The number of hydrogen-bond donors (Lipinski definition) is 3. The van der Waals surface area contributed by atoms with Crippen molar-refractivity contribution in [3.05, 3.63) is 66.2 Å². The van der Waals surface area contributed by atoms with Crippen molar-refractivity contribution < 1.29 is 14.7 Å². The van der Waals surface area contributed by atoms with Crippen molar-refractivity contribution >= 4 is 17.8 Å². The lowest BCUT2D eigenvalue weighted by molar-refractivity contribution is -0.140. The van der Waals surface area contributed by atoms with Crippen LogP contribution in [0.15, 0.2) is 60.7 Å². The molecule has 0 bridgehead atoms. The summed E-state index contributed by atoms with van der Waals surface area (Å²) in [6, 6.07) is 18.7. The molecule has 0 fully saturated rings. The Bertz CT molecular complexity index is 878. The Kier molecular flexibility index (Phi) is 5.38. The zero-order valence-corrected chi connectivity index (χ0v) is 13.9. The molecular weight excluding hydrogens is 332 g/mol. The van der Waals surface area contributed by atoms with Gasteiger partial charge in [-0.15, -0.1) is 5.10 Å². The Hall–Kier alpha value is -3.48. The number of hydrogen-bond acceptors (Lipinski definition) is 4. The molecule has 0 saturated heterocycles. The number of nitrogens with zero attached hydrogens (tertiary/aromatic N) is 2.